The molecular formula is C17H25N3O3. The number of carbonyl (C=O) groups excluding carboxylic acids is 1. The van der Waals surface area contributed by atoms with Gasteiger partial charge in [0.2, 0.25) is 5.91 Å². The van der Waals surface area contributed by atoms with Crippen LogP contribution < -0.4 is 5.32 Å². The summed E-state index contributed by atoms with van der Waals surface area (Å²) >= 11 is 0. The number of hydrogen-bond acceptors (Lipinski definition) is 5. The SMILES string of the molecule is COCCNC(=O)[C@@H]1C[C@H]2CCN(Cc3ccncc3)C[C@H]2O1. The Balaban J connectivity index is 1.48. The van der Waals surface area contributed by atoms with Gasteiger partial charge >= 0.3 is 0 Å². The van der Waals surface area contributed by atoms with E-state index in [0.29, 0.717) is 19.1 Å². The van der Waals surface area contributed by atoms with E-state index in [1.165, 1.54) is 5.56 Å². The monoisotopic (exact) mass is 319 g/mol. The molecule has 0 aromatic carbocycles. The number of hydrogen-bond donors (Lipinski definition) is 1. The van der Waals surface area contributed by atoms with Gasteiger partial charge in [-0.1, -0.05) is 0 Å². The summed E-state index contributed by atoms with van der Waals surface area (Å²) < 4.78 is 11.0. The van der Waals surface area contributed by atoms with E-state index in [4.69, 9.17) is 9.47 Å². The van der Waals surface area contributed by atoms with Crippen LogP contribution in [-0.4, -0.2) is 61.3 Å². The average Bonchev–Trinajstić information content (AvgIpc) is 2.99. The molecule has 1 aromatic rings. The van der Waals surface area contributed by atoms with Crippen LogP contribution in [0.25, 0.3) is 0 Å². The van der Waals surface area contributed by atoms with E-state index >= 15 is 0 Å². The van der Waals surface area contributed by atoms with Crippen LogP contribution in [0.4, 0.5) is 0 Å². The van der Waals surface area contributed by atoms with E-state index in [1.807, 2.05) is 24.5 Å². The van der Waals surface area contributed by atoms with Crippen molar-refractivity contribution in [2.45, 2.75) is 31.6 Å². The second-order valence-electron chi connectivity index (χ2n) is 6.32. The summed E-state index contributed by atoms with van der Waals surface area (Å²) in [4.78, 5) is 18.6. The summed E-state index contributed by atoms with van der Waals surface area (Å²) in [5.74, 6) is 0.499. The molecule has 1 aromatic heterocycles. The lowest BCUT2D eigenvalue weighted by Crippen LogP contribution is -2.42. The van der Waals surface area contributed by atoms with Crippen molar-refractivity contribution < 1.29 is 14.3 Å². The molecule has 2 fully saturated rings. The highest BCUT2D eigenvalue weighted by atomic mass is 16.5. The number of amides is 1. The number of fused-ring (bicyclic) bond motifs is 1. The predicted molar refractivity (Wildman–Crippen MR) is 85.8 cm³/mol. The van der Waals surface area contributed by atoms with E-state index in [9.17, 15) is 4.79 Å². The zero-order chi connectivity index (χ0) is 16.1. The second-order valence-corrected chi connectivity index (χ2v) is 6.32. The first-order chi connectivity index (χ1) is 11.3. The molecule has 6 nitrogen and oxygen atoms in total. The van der Waals surface area contributed by atoms with E-state index in [-0.39, 0.29) is 18.1 Å². The molecule has 0 aliphatic carbocycles. The van der Waals surface area contributed by atoms with Crippen molar-refractivity contribution in [3.8, 4) is 0 Å². The van der Waals surface area contributed by atoms with Gasteiger partial charge in [0.05, 0.1) is 12.7 Å². The number of nitrogens with zero attached hydrogens (tertiary/aromatic N) is 2. The van der Waals surface area contributed by atoms with Gasteiger partial charge in [-0.25, -0.2) is 0 Å². The molecule has 6 heteroatoms. The molecule has 0 spiro atoms. The summed E-state index contributed by atoms with van der Waals surface area (Å²) in [6, 6.07) is 4.10. The van der Waals surface area contributed by atoms with Crippen molar-refractivity contribution in [2.24, 2.45) is 5.92 Å². The zero-order valence-corrected chi connectivity index (χ0v) is 13.6. The molecule has 3 atom stereocenters. The highest BCUT2D eigenvalue weighted by Crippen LogP contribution is 2.33. The summed E-state index contributed by atoms with van der Waals surface area (Å²) in [7, 11) is 1.63. The Morgan fingerprint density at radius 2 is 2.30 bits per heavy atom. The van der Waals surface area contributed by atoms with Crippen LogP contribution in [0.15, 0.2) is 24.5 Å². The fourth-order valence-corrected chi connectivity index (χ4v) is 3.44. The maximum Gasteiger partial charge on any atom is 0.249 e. The predicted octanol–water partition coefficient (Wildman–Crippen LogP) is 0.824. The number of rotatable bonds is 6. The van der Waals surface area contributed by atoms with Crippen LogP contribution in [0.5, 0.6) is 0 Å². The van der Waals surface area contributed by atoms with E-state index in [1.54, 1.807) is 7.11 Å². The van der Waals surface area contributed by atoms with Crippen LogP contribution in [0.3, 0.4) is 0 Å². The molecular weight excluding hydrogens is 294 g/mol. The number of piperidine rings is 1. The van der Waals surface area contributed by atoms with Gasteiger partial charge < -0.3 is 14.8 Å². The first-order valence-corrected chi connectivity index (χ1v) is 8.29. The fourth-order valence-electron chi connectivity index (χ4n) is 3.44. The minimum absolute atomic E-state index is 0.00265. The Hall–Kier alpha value is -1.50. The maximum absolute atomic E-state index is 12.1. The van der Waals surface area contributed by atoms with Crippen LogP contribution in [0.1, 0.15) is 18.4 Å². The number of carbonyl (C=O) groups is 1. The third-order valence-electron chi connectivity index (χ3n) is 4.69. The van der Waals surface area contributed by atoms with Gasteiger partial charge in [-0.3, -0.25) is 14.7 Å². The first-order valence-electron chi connectivity index (χ1n) is 8.29. The molecule has 2 aliphatic rings. The van der Waals surface area contributed by atoms with Crippen molar-refractivity contribution in [1.82, 2.24) is 15.2 Å². The van der Waals surface area contributed by atoms with Gasteiger partial charge in [0.1, 0.15) is 6.10 Å². The number of ether oxygens (including phenoxy) is 2. The molecule has 0 unspecified atom stereocenters. The van der Waals surface area contributed by atoms with Crippen molar-refractivity contribution >= 4 is 5.91 Å². The van der Waals surface area contributed by atoms with Crippen molar-refractivity contribution in [3.63, 3.8) is 0 Å². The van der Waals surface area contributed by atoms with Gasteiger partial charge in [0.25, 0.3) is 0 Å². The van der Waals surface area contributed by atoms with Gasteiger partial charge in [-0.15, -0.1) is 0 Å². The molecule has 2 aliphatic heterocycles. The number of methoxy groups -OCH3 is 1. The average molecular weight is 319 g/mol. The minimum Gasteiger partial charge on any atom is -0.383 e. The Kier molecular flexibility index (Phi) is 5.59. The molecule has 3 heterocycles. The quantitative estimate of drug-likeness (QED) is 0.787. The number of nitrogens with one attached hydrogen (secondary N) is 1. The largest absolute Gasteiger partial charge is 0.383 e. The third-order valence-corrected chi connectivity index (χ3v) is 4.69. The summed E-state index contributed by atoms with van der Waals surface area (Å²) in [6.07, 6.45) is 5.46. The molecule has 2 saturated heterocycles. The Morgan fingerprint density at radius 1 is 1.48 bits per heavy atom. The Bertz CT molecular complexity index is 511. The zero-order valence-electron chi connectivity index (χ0n) is 13.6. The van der Waals surface area contributed by atoms with E-state index in [0.717, 1.165) is 32.5 Å². The number of likely N-dealkylation sites (tertiary alicyclic amines) is 1. The molecule has 0 bridgehead atoms. The molecule has 1 N–H and O–H groups in total. The van der Waals surface area contributed by atoms with Crippen LogP contribution >= 0.6 is 0 Å². The van der Waals surface area contributed by atoms with Gasteiger partial charge in [-0.2, -0.15) is 0 Å². The molecule has 0 radical (unpaired) electrons. The van der Waals surface area contributed by atoms with Crippen molar-refractivity contribution in [2.75, 3.05) is 33.4 Å². The highest BCUT2D eigenvalue weighted by molar-refractivity contribution is 5.81. The highest BCUT2D eigenvalue weighted by Gasteiger charge is 2.41. The third kappa shape index (κ3) is 4.28. The van der Waals surface area contributed by atoms with Crippen LogP contribution in [-0.2, 0) is 20.8 Å². The topological polar surface area (TPSA) is 63.7 Å². The van der Waals surface area contributed by atoms with E-state index in [2.05, 4.69) is 15.2 Å². The van der Waals surface area contributed by atoms with Gasteiger partial charge in [0.15, 0.2) is 0 Å². The molecule has 3 rings (SSSR count). The molecule has 126 valence electrons. The lowest BCUT2D eigenvalue weighted by molar-refractivity contribution is -0.133. The summed E-state index contributed by atoms with van der Waals surface area (Å²) in [5.41, 5.74) is 1.27. The Morgan fingerprint density at radius 3 is 3.09 bits per heavy atom. The Labute approximate surface area is 137 Å². The summed E-state index contributed by atoms with van der Waals surface area (Å²) in [5, 5.41) is 2.88. The maximum atomic E-state index is 12.1. The van der Waals surface area contributed by atoms with Crippen molar-refractivity contribution in [3.05, 3.63) is 30.1 Å². The fraction of sp³-hybridized carbons (Fsp3) is 0.647. The normalized spacial score (nSPS) is 27.6. The van der Waals surface area contributed by atoms with Crippen LogP contribution in [0.2, 0.25) is 0 Å². The molecule has 1 amide bonds. The standard InChI is InChI=1S/C17H25N3O3/c1-22-9-7-19-17(21)15-10-14-4-8-20(12-16(14)23-15)11-13-2-5-18-6-3-13/h2-3,5-6,14-16H,4,7-12H2,1H3,(H,19,21)/t14-,15+,16-/m1/s1. The van der Waals surface area contributed by atoms with Gasteiger partial charge in [-0.05, 0) is 43.0 Å². The van der Waals surface area contributed by atoms with E-state index < -0.39 is 0 Å². The number of pyridine rings is 1. The van der Waals surface area contributed by atoms with Crippen molar-refractivity contribution in [1.29, 1.82) is 0 Å². The lowest BCUT2D eigenvalue weighted by Gasteiger charge is -2.34. The molecule has 23 heavy (non-hydrogen) atoms. The van der Waals surface area contributed by atoms with Crippen LogP contribution in [0, 0.1) is 5.92 Å². The number of aromatic nitrogens is 1. The summed E-state index contributed by atoms with van der Waals surface area (Å²) in [6.45, 7) is 3.95. The minimum atomic E-state index is -0.303. The van der Waals surface area contributed by atoms with Gasteiger partial charge in [0, 0.05) is 39.1 Å². The second kappa shape index (κ2) is 7.86. The smallest absolute Gasteiger partial charge is 0.249 e. The molecule has 0 saturated carbocycles. The first kappa shape index (κ1) is 16.4. The lowest BCUT2D eigenvalue weighted by atomic mass is 9.91.